The van der Waals surface area contributed by atoms with Crippen molar-refractivity contribution in [2.24, 2.45) is 0 Å². The van der Waals surface area contributed by atoms with E-state index in [1.165, 1.54) is 0 Å². The second-order valence-corrected chi connectivity index (χ2v) is 5.99. The van der Waals surface area contributed by atoms with Gasteiger partial charge in [-0.2, -0.15) is 0 Å². The minimum atomic E-state index is 0.342. The minimum absolute atomic E-state index is 0.342. The molecule has 0 saturated carbocycles. The van der Waals surface area contributed by atoms with Crippen LogP contribution in [-0.2, 0) is 4.79 Å². The number of hydrogen-bond donors (Lipinski definition) is 0. The number of aldehydes is 1. The quantitative estimate of drug-likeness (QED) is 0.613. The summed E-state index contributed by atoms with van der Waals surface area (Å²) < 4.78 is 0. The molecule has 0 atom stereocenters. The molecule has 1 heterocycles. The van der Waals surface area contributed by atoms with Gasteiger partial charge >= 0.3 is 0 Å². The molecule has 0 unspecified atom stereocenters. The number of rotatable bonds is 4. The van der Waals surface area contributed by atoms with Gasteiger partial charge in [-0.05, 0) is 48.1 Å². The molecule has 0 fully saturated rings. The Hall–Kier alpha value is -2.03. The molecule has 0 aliphatic rings. The summed E-state index contributed by atoms with van der Waals surface area (Å²) in [7, 11) is 0. The predicted octanol–water partition coefficient (Wildman–Crippen LogP) is 4.48. The standard InChI is InChI=1S/C18H22N2O/c1-11(2)17-18(12(3)4)20-16-10-14(13(5)8-9-21)6-7-15(16)19-17/h6-12H,1-5H3/b13-8+. The lowest BCUT2D eigenvalue weighted by Crippen LogP contribution is -2.06. The lowest BCUT2D eigenvalue weighted by atomic mass is 9.99. The van der Waals surface area contributed by atoms with Gasteiger partial charge in [0, 0.05) is 0 Å². The number of aromatic nitrogens is 2. The first-order valence-corrected chi connectivity index (χ1v) is 7.38. The normalized spacial score (nSPS) is 12.4. The highest BCUT2D eigenvalue weighted by Gasteiger charge is 2.15. The molecule has 0 radical (unpaired) electrons. The van der Waals surface area contributed by atoms with Crippen LogP contribution in [0.15, 0.2) is 24.3 Å². The highest BCUT2D eigenvalue weighted by atomic mass is 16.1. The lowest BCUT2D eigenvalue weighted by molar-refractivity contribution is -0.104. The number of carbonyl (C=O) groups excluding carboxylic acids is 1. The Balaban J connectivity index is 2.65. The smallest absolute Gasteiger partial charge is 0.143 e. The maximum Gasteiger partial charge on any atom is 0.143 e. The SMILES string of the molecule is C/C(=C\C=O)c1ccc2nc(C(C)C)c(C(C)C)nc2c1. The number of allylic oxidation sites excluding steroid dienone is 2. The van der Waals surface area contributed by atoms with Gasteiger partial charge in [0.05, 0.1) is 22.4 Å². The van der Waals surface area contributed by atoms with E-state index in [9.17, 15) is 4.79 Å². The minimum Gasteiger partial charge on any atom is -0.299 e. The molecule has 0 N–H and O–H groups in total. The van der Waals surface area contributed by atoms with Gasteiger partial charge in [-0.15, -0.1) is 0 Å². The molecular weight excluding hydrogens is 260 g/mol. The monoisotopic (exact) mass is 282 g/mol. The van der Waals surface area contributed by atoms with Crippen LogP contribution < -0.4 is 0 Å². The van der Waals surface area contributed by atoms with Crippen LogP contribution in [0.4, 0.5) is 0 Å². The summed E-state index contributed by atoms with van der Waals surface area (Å²) in [5.74, 6) is 0.699. The van der Waals surface area contributed by atoms with Crippen LogP contribution in [0, 0.1) is 0 Å². The summed E-state index contributed by atoms with van der Waals surface area (Å²) in [5.41, 5.74) is 5.88. The number of hydrogen-bond acceptors (Lipinski definition) is 3. The van der Waals surface area contributed by atoms with Crippen molar-refractivity contribution in [1.82, 2.24) is 9.97 Å². The Labute approximate surface area is 126 Å². The molecule has 0 aliphatic heterocycles. The van der Waals surface area contributed by atoms with E-state index in [1.54, 1.807) is 6.08 Å². The van der Waals surface area contributed by atoms with Crippen LogP contribution in [0.25, 0.3) is 16.6 Å². The van der Waals surface area contributed by atoms with Crippen LogP contribution in [-0.4, -0.2) is 16.3 Å². The highest BCUT2D eigenvalue weighted by molar-refractivity contribution is 5.85. The Morgan fingerprint density at radius 1 is 1.00 bits per heavy atom. The zero-order valence-electron chi connectivity index (χ0n) is 13.3. The van der Waals surface area contributed by atoms with Crippen molar-refractivity contribution in [2.45, 2.75) is 46.5 Å². The van der Waals surface area contributed by atoms with E-state index in [1.807, 2.05) is 25.1 Å². The summed E-state index contributed by atoms with van der Waals surface area (Å²) in [6.45, 7) is 10.5. The van der Waals surface area contributed by atoms with E-state index >= 15 is 0 Å². The van der Waals surface area contributed by atoms with Gasteiger partial charge in [-0.3, -0.25) is 4.79 Å². The molecule has 0 amide bonds. The maximum absolute atomic E-state index is 10.6. The molecule has 3 nitrogen and oxygen atoms in total. The van der Waals surface area contributed by atoms with Crippen molar-refractivity contribution in [2.75, 3.05) is 0 Å². The van der Waals surface area contributed by atoms with Crippen molar-refractivity contribution in [1.29, 1.82) is 0 Å². The molecule has 21 heavy (non-hydrogen) atoms. The highest BCUT2D eigenvalue weighted by Crippen LogP contribution is 2.26. The molecule has 1 aromatic carbocycles. The Kier molecular flexibility index (Phi) is 4.51. The molecule has 2 aromatic rings. The number of benzene rings is 1. The third-order valence-electron chi connectivity index (χ3n) is 3.59. The molecule has 0 spiro atoms. The summed E-state index contributed by atoms with van der Waals surface area (Å²) in [5, 5.41) is 0. The van der Waals surface area contributed by atoms with Gasteiger partial charge in [-0.25, -0.2) is 9.97 Å². The first-order valence-electron chi connectivity index (χ1n) is 7.38. The van der Waals surface area contributed by atoms with E-state index in [-0.39, 0.29) is 0 Å². The Morgan fingerprint density at radius 3 is 2.10 bits per heavy atom. The van der Waals surface area contributed by atoms with Crippen molar-refractivity contribution in [3.05, 3.63) is 41.2 Å². The van der Waals surface area contributed by atoms with E-state index in [0.29, 0.717) is 11.8 Å². The molecule has 1 aromatic heterocycles. The Morgan fingerprint density at radius 2 is 1.57 bits per heavy atom. The second kappa shape index (κ2) is 6.17. The first-order chi connectivity index (χ1) is 9.93. The third-order valence-corrected chi connectivity index (χ3v) is 3.59. The summed E-state index contributed by atoms with van der Waals surface area (Å²) in [6, 6.07) is 5.98. The van der Waals surface area contributed by atoms with Gasteiger partial charge < -0.3 is 0 Å². The zero-order valence-corrected chi connectivity index (χ0v) is 13.3. The van der Waals surface area contributed by atoms with Gasteiger partial charge in [0.1, 0.15) is 6.29 Å². The van der Waals surface area contributed by atoms with Crippen LogP contribution in [0.3, 0.4) is 0 Å². The van der Waals surface area contributed by atoms with Crippen molar-refractivity contribution < 1.29 is 4.79 Å². The average molecular weight is 282 g/mol. The molecule has 3 heteroatoms. The second-order valence-electron chi connectivity index (χ2n) is 5.99. The fraction of sp³-hybridized carbons (Fsp3) is 0.389. The Bertz CT molecular complexity index is 700. The zero-order chi connectivity index (χ0) is 15.6. The lowest BCUT2D eigenvalue weighted by Gasteiger charge is -2.15. The van der Waals surface area contributed by atoms with Gasteiger partial charge in [0.2, 0.25) is 0 Å². The van der Waals surface area contributed by atoms with E-state index in [4.69, 9.17) is 9.97 Å². The molecule has 0 aliphatic carbocycles. The third kappa shape index (κ3) is 3.18. The van der Waals surface area contributed by atoms with Crippen LogP contribution in [0.2, 0.25) is 0 Å². The van der Waals surface area contributed by atoms with Gasteiger partial charge in [0.25, 0.3) is 0 Å². The summed E-state index contributed by atoms with van der Waals surface area (Å²) >= 11 is 0. The predicted molar refractivity (Wildman–Crippen MR) is 87.4 cm³/mol. The van der Waals surface area contributed by atoms with E-state index in [0.717, 1.165) is 39.8 Å². The van der Waals surface area contributed by atoms with E-state index in [2.05, 4.69) is 27.7 Å². The summed E-state index contributed by atoms with van der Waals surface area (Å²) in [6.07, 6.45) is 2.38. The number of carbonyl (C=O) groups is 1. The molecule has 2 rings (SSSR count). The molecule has 0 saturated heterocycles. The fourth-order valence-corrected chi connectivity index (χ4v) is 2.37. The topological polar surface area (TPSA) is 42.9 Å². The number of fused-ring (bicyclic) bond motifs is 1. The molecular formula is C18H22N2O. The average Bonchev–Trinajstić information content (AvgIpc) is 2.45. The van der Waals surface area contributed by atoms with E-state index < -0.39 is 0 Å². The van der Waals surface area contributed by atoms with Gasteiger partial charge in [-0.1, -0.05) is 33.8 Å². The van der Waals surface area contributed by atoms with Crippen LogP contribution in [0.1, 0.15) is 63.4 Å². The maximum atomic E-state index is 10.6. The molecule has 110 valence electrons. The largest absolute Gasteiger partial charge is 0.299 e. The van der Waals surface area contributed by atoms with Crippen LogP contribution in [0.5, 0.6) is 0 Å². The summed E-state index contributed by atoms with van der Waals surface area (Å²) in [4.78, 5) is 20.2. The van der Waals surface area contributed by atoms with Crippen molar-refractivity contribution in [3.63, 3.8) is 0 Å². The van der Waals surface area contributed by atoms with Crippen LogP contribution >= 0.6 is 0 Å². The number of nitrogens with zero attached hydrogens (tertiary/aromatic N) is 2. The van der Waals surface area contributed by atoms with Crippen molar-refractivity contribution in [3.8, 4) is 0 Å². The van der Waals surface area contributed by atoms with Crippen molar-refractivity contribution >= 4 is 22.9 Å². The fourth-order valence-electron chi connectivity index (χ4n) is 2.37. The molecule has 0 bridgehead atoms. The first kappa shape index (κ1) is 15.4. The van der Waals surface area contributed by atoms with Gasteiger partial charge in [0.15, 0.2) is 0 Å².